The van der Waals surface area contributed by atoms with Gasteiger partial charge in [-0.05, 0) is 31.0 Å². The van der Waals surface area contributed by atoms with Gasteiger partial charge in [0.2, 0.25) is 0 Å². The Morgan fingerprint density at radius 1 is 1.19 bits per heavy atom. The minimum Gasteiger partial charge on any atom is -0.416 e. The van der Waals surface area contributed by atoms with Gasteiger partial charge in [-0.3, -0.25) is 0 Å². The van der Waals surface area contributed by atoms with Gasteiger partial charge in [-0.1, -0.05) is 33.6 Å². The molecule has 3 heteroatoms. The molecule has 96 valence electrons. The first kappa shape index (κ1) is 14.2. The molecule has 1 aliphatic carbocycles. The van der Waals surface area contributed by atoms with Crippen LogP contribution in [0.1, 0.15) is 46.5 Å². The summed E-state index contributed by atoms with van der Waals surface area (Å²) >= 11 is 0. The number of aliphatic hydroxyl groups is 1. The van der Waals surface area contributed by atoms with E-state index in [0.29, 0.717) is 5.92 Å². The summed E-state index contributed by atoms with van der Waals surface area (Å²) < 4.78 is 6.18. The molecule has 0 saturated heterocycles. The zero-order valence-electron chi connectivity index (χ0n) is 11.5. The SMILES string of the molecule is CC(C)(C)[Si](C)(C)OC[C@@H]1CCCC[C@H]1O. The molecule has 0 aromatic rings. The van der Waals surface area contributed by atoms with E-state index in [1.54, 1.807) is 0 Å². The highest BCUT2D eigenvalue weighted by Gasteiger charge is 2.38. The number of hydrogen-bond acceptors (Lipinski definition) is 2. The van der Waals surface area contributed by atoms with Crippen LogP contribution in [0.4, 0.5) is 0 Å². The van der Waals surface area contributed by atoms with Gasteiger partial charge in [0.05, 0.1) is 6.10 Å². The topological polar surface area (TPSA) is 29.5 Å². The van der Waals surface area contributed by atoms with E-state index in [0.717, 1.165) is 19.4 Å². The van der Waals surface area contributed by atoms with Gasteiger partial charge >= 0.3 is 0 Å². The lowest BCUT2D eigenvalue weighted by Gasteiger charge is -2.38. The second kappa shape index (κ2) is 5.19. The number of aliphatic hydroxyl groups excluding tert-OH is 1. The Hall–Kier alpha value is 0.137. The molecule has 0 amide bonds. The molecule has 0 heterocycles. The highest BCUT2D eigenvalue weighted by Crippen LogP contribution is 2.37. The van der Waals surface area contributed by atoms with E-state index in [4.69, 9.17) is 4.43 Å². The Morgan fingerprint density at radius 3 is 2.25 bits per heavy atom. The Kier molecular flexibility index (Phi) is 4.61. The summed E-state index contributed by atoms with van der Waals surface area (Å²) in [5, 5.41) is 10.2. The van der Waals surface area contributed by atoms with Crippen LogP contribution < -0.4 is 0 Å². The smallest absolute Gasteiger partial charge is 0.191 e. The van der Waals surface area contributed by atoms with Crippen LogP contribution in [0.15, 0.2) is 0 Å². The summed E-state index contributed by atoms with van der Waals surface area (Å²) in [4.78, 5) is 0. The van der Waals surface area contributed by atoms with Crippen molar-refractivity contribution < 1.29 is 9.53 Å². The first-order valence-corrected chi connectivity index (χ1v) is 9.47. The van der Waals surface area contributed by atoms with E-state index >= 15 is 0 Å². The van der Waals surface area contributed by atoms with Crippen LogP contribution in [0, 0.1) is 5.92 Å². The van der Waals surface area contributed by atoms with E-state index in [1.165, 1.54) is 12.8 Å². The second-order valence-electron chi connectivity index (χ2n) is 6.68. The van der Waals surface area contributed by atoms with Gasteiger partial charge in [0.15, 0.2) is 8.32 Å². The summed E-state index contributed by atoms with van der Waals surface area (Å²) in [5.74, 6) is 0.378. The first-order chi connectivity index (χ1) is 7.24. The fraction of sp³-hybridized carbons (Fsp3) is 1.00. The lowest BCUT2D eigenvalue weighted by Crippen LogP contribution is -2.43. The molecule has 1 aliphatic rings. The summed E-state index contributed by atoms with van der Waals surface area (Å²) in [6.07, 6.45) is 4.40. The maximum Gasteiger partial charge on any atom is 0.191 e. The van der Waals surface area contributed by atoms with Crippen molar-refractivity contribution in [3.63, 3.8) is 0 Å². The van der Waals surface area contributed by atoms with Crippen LogP contribution >= 0.6 is 0 Å². The van der Waals surface area contributed by atoms with E-state index in [1.807, 2.05) is 0 Å². The maximum atomic E-state index is 9.90. The van der Waals surface area contributed by atoms with Crippen molar-refractivity contribution in [2.45, 2.75) is 70.7 Å². The molecule has 0 radical (unpaired) electrons. The van der Waals surface area contributed by atoms with E-state index in [2.05, 4.69) is 33.9 Å². The molecule has 0 unspecified atom stereocenters. The fourth-order valence-corrected chi connectivity index (χ4v) is 2.98. The quantitative estimate of drug-likeness (QED) is 0.769. The molecule has 1 N–H and O–H groups in total. The molecule has 1 rings (SSSR count). The molecule has 0 aromatic carbocycles. The monoisotopic (exact) mass is 244 g/mol. The third-order valence-corrected chi connectivity index (χ3v) is 8.83. The average Bonchev–Trinajstić information content (AvgIpc) is 2.15. The van der Waals surface area contributed by atoms with Crippen molar-refractivity contribution in [1.82, 2.24) is 0 Å². The van der Waals surface area contributed by atoms with Crippen molar-refractivity contribution in [1.29, 1.82) is 0 Å². The molecular formula is C13H28O2Si. The van der Waals surface area contributed by atoms with Crippen LogP contribution in [-0.4, -0.2) is 26.1 Å². The molecule has 2 nitrogen and oxygen atoms in total. The standard InChI is InChI=1S/C13H28O2Si/c1-13(2,3)16(4,5)15-10-11-8-6-7-9-12(11)14/h11-12,14H,6-10H2,1-5H3/t11-,12+/m0/s1. The minimum atomic E-state index is -1.63. The van der Waals surface area contributed by atoms with Gasteiger partial charge in [-0.15, -0.1) is 0 Å². The molecule has 16 heavy (non-hydrogen) atoms. The summed E-state index contributed by atoms with van der Waals surface area (Å²) in [5.41, 5.74) is 0. The Labute approximate surface area is 102 Å². The molecule has 0 spiro atoms. The molecule has 0 bridgehead atoms. The van der Waals surface area contributed by atoms with Crippen molar-refractivity contribution in [2.75, 3.05) is 6.61 Å². The maximum absolute atomic E-state index is 9.90. The fourth-order valence-electron chi connectivity index (χ4n) is 1.91. The Morgan fingerprint density at radius 2 is 1.75 bits per heavy atom. The highest BCUT2D eigenvalue weighted by atomic mass is 28.4. The third-order valence-electron chi connectivity index (χ3n) is 4.33. The van der Waals surface area contributed by atoms with Gasteiger partial charge < -0.3 is 9.53 Å². The summed E-state index contributed by atoms with van der Waals surface area (Å²) in [6.45, 7) is 12.1. The van der Waals surface area contributed by atoms with Crippen LogP contribution in [0.5, 0.6) is 0 Å². The van der Waals surface area contributed by atoms with Crippen LogP contribution in [-0.2, 0) is 4.43 Å². The lowest BCUT2D eigenvalue weighted by atomic mass is 9.87. The molecule has 1 fully saturated rings. The van der Waals surface area contributed by atoms with Crippen LogP contribution in [0.2, 0.25) is 18.1 Å². The second-order valence-corrected chi connectivity index (χ2v) is 11.5. The van der Waals surface area contributed by atoms with E-state index < -0.39 is 8.32 Å². The van der Waals surface area contributed by atoms with Crippen LogP contribution in [0.25, 0.3) is 0 Å². The normalized spacial score (nSPS) is 28.1. The molecular weight excluding hydrogens is 216 g/mol. The van der Waals surface area contributed by atoms with Crippen molar-refractivity contribution in [3.05, 3.63) is 0 Å². The number of rotatable bonds is 3. The summed E-state index contributed by atoms with van der Waals surface area (Å²) in [7, 11) is -1.63. The van der Waals surface area contributed by atoms with Gasteiger partial charge in [0.1, 0.15) is 0 Å². The van der Waals surface area contributed by atoms with Crippen molar-refractivity contribution in [3.8, 4) is 0 Å². The van der Waals surface area contributed by atoms with Gasteiger partial charge in [0.25, 0.3) is 0 Å². The highest BCUT2D eigenvalue weighted by molar-refractivity contribution is 6.74. The van der Waals surface area contributed by atoms with Gasteiger partial charge in [0, 0.05) is 12.5 Å². The molecule has 0 aliphatic heterocycles. The summed E-state index contributed by atoms with van der Waals surface area (Å²) in [6, 6.07) is 0. The molecule has 2 atom stereocenters. The number of hydrogen-bond donors (Lipinski definition) is 1. The largest absolute Gasteiger partial charge is 0.416 e. The van der Waals surface area contributed by atoms with Crippen molar-refractivity contribution >= 4 is 8.32 Å². The molecule has 1 saturated carbocycles. The predicted octanol–water partition coefficient (Wildman–Crippen LogP) is 3.56. The zero-order valence-corrected chi connectivity index (χ0v) is 12.5. The Balaban J connectivity index is 2.44. The predicted molar refractivity (Wildman–Crippen MR) is 71.1 cm³/mol. The van der Waals surface area contributed by atoms with E-state index in [9.17, 15) is 5.11 Å². The third kappa shape index (κ3) is 3.57. The van der Waals surface area contributed by atoms with E-state index in [-0.39, 0.29) is 11.1 Å². The molecule has 0 aromatic heterocycles. The van der Waals surface area contributed by atoms with Crippen LogP contribution in [0.3, 0.4) is 0 Å². The zero-order chi connectivity index (χ0) is 12.4. The van der Waals surface area contributed by atoms with Gasteiger partial charge in [-0.2, -0.15) is 0 Å². The minimum absolute atomic E-state index is 0.126. The average molecular weight is 244 g/mol. The first-order valence-electron chi connectivity index (χ1n) is 6.56. The lowest BCUT2D eigenvalue weighted by molar-refractivity contribution is 0.0389. The Bertz CT molecular complexity index is 220. The van der Waals surface area contributed by atoms with Gasteiger partial charge in [-0.25, -0.2) is 0 Å². The van der Waals surface area contributed by atoms with Crippen molar-refractivity contribution in [2.24, 2.45) is 5.92 Å².